The van der Waals surface area contributed by atoms with Crippen LogP contribution in [0.5, 0.6) is 0 Å². The summed E-state index contributed by atoms with van der Waals surface area (Å²) in [7, 11) is -3.66. The van der Waals surface area contributed by atoms with E-state index in [2.05, 4.69) is 4.72 Å². The zero-order valence-electron chi connectivity index (χ0n) is 21.1. The van der Waals surface area contributed by atoms with E-state index in [1.165, 1.54) is 12.8 Å². The van der Waals surface area contributed by atoms with Crippen LogP contribution in [0.15, 0.2) is 34.7 Å². The number of fused-ring (bicyclic) bond motifs is 2. The highest BCUT2D eigenvalue weighted by molar-refractivity contribution is 7.92. The monoisotopic (exact) mass is 528 g/mol. The van der Waals surface area contributed by atoms with Crippen LogP contribution in [0, 0.1) is 11.3 Å². The highest BCUT2D eigenvalue weighted by atomic mass is 32.2. The van der Waals surface area contributed by atoms with Crippen LogP contribution in [0.3, 0.4) is 0 Å². The third-order valence-electron chi connectivity index (χ3n) is 9.40. The van der Waals surface area contributed by atoms with E-state index in [0.29, 0.717) is 23.4 Å². The molecule has 1 amide bonds. The lowest BCUT2D eigenvalue weighted by molar-refractivity contribution is 0.0828. The summed E-state index contributed by atoms with van der Waals surface area (Å²) in [5, 5.41) is 19.9. The molecular weight excluding hydrogens is 492 g/mol. The first-order valence-corrected chi connectivity index (χ1v) is 15.2. The van der Waals surface area contributed by atoms with E-state index in [0.717, 1.165) is 62.6 Å². The number of nitrogens with one attached hydrogen (secondary N) is 1. The van der Waals surface area contributed by atoms with Crippen LogP contribution in [0.1, 0.15) is 92.2 Å². The van der Waals surface area contributed by atoms with Crippen LogP contribution < -0.4 is 9.62 Å². The van der Waals surface area contributed by atoms with Crippen molar-refractivity contribution in [1.82, 2.24) is 0 Å². The molecule has 3 aliphatic carbocycles. The van der Waals surface area contributed by atoms with Crippen LogP contribution in [0.4, 0.5) is 11.4 Å². The molecule has 0 radical (unpaired) electrons. The Bertz CT molecular complexity index is 1280. The quantitative estimate of drug-likeness (QED) is 0.487. The standard InChI is InChI=1S/C28H36N2O6S/c31-15-16-37(34,35)29-20-5-6-22-21(17-20)28(13-11-27(9-10-27)12-14-28)18-30(22)26(33)24-8-7-23(36-24)25(32)19-3-1-2-4-19/h5-8,17,19,25,29,31-32H,1-4,9-16,18H2/t25-/m1/s1. The molecule has 1 aromatic carbocycles. The van der Waals surface area contributed by atoms with Gasteiger partial charge in [-0.25, -0.2) is 8.42 Å². The largest absolute Gasteiger partial charge is 0.453 e. The number of sulfonamides is 1. The summed E-state index contributed by atoms with van der Waals surface area (Å²) in [6, 6.07) is 8.75. The molecule has 9 heteroatoms. The molecular formula is C28H36N2O6S. The smallest absolute Gasteiger partial charge is 0.294 e. The molecule has 37 heavy (non-hydrogen) atoms. The van der Waals surface area contributed by atoms with Crippen molar-refractivity contribution < 1.29 is 27.8 Å². The van der Waals surface area contributed by atoms with Gasteiger partial charge in [0.15, 0.2) is 5.76 Å². The maximum Gasteiger partial charge on any atom is 0.294 e. The average Bonchev–Trinajstić information content (AvgIpc) is 3.29. The Hall–Kier alpha value is -2.36. The second kappa shape index (κ2) is 9.13. The van der Waals surface area contributed by atoms with Gasteiger partial charge >= 0.3 is 0 Å². The fourth-order valence-electron chi connectivity index (χ4n) is 6.89. The summed E-state index contributed by atoms with van der Waals surface area (Å²) < 4.78 is 33.1. The Kier molecular flexibility index (Phi) is 6.16. The van der Waals surface area contributed by atoms with Crippen LogP contribution in [0.25, 0.3) is 0 Å². The van der Waals surface area contributed by atoms with Crippen molar-refractivity contribution in [2.75, 3.05) is 28.5 Å². The van der Waals surface area contributed by atoms with Gasteiger partial charge in [0.2, 0.25) is 10.0 Å². The van der Waals surface area contributed by atoms with Crippen molar-refractivity contribution in [1.29, 1.82) is 0 Å². The van der Waals surface area contributed by atoms with Crippen molar-refractivity contribution in [3.63, 3.8) is 0 Å². The molecule has 1 atom stereocenters. The molecule has 0 bridgehead atoms. The van der Waals surface area contributed by atoms with Crippen LogP contribution >= 0.6 is 0 Å². The fraction of sp³-hybridized carbons (Fsp3) is 0.607. The average molecular weight is 529 g/mol. The summed E-state index contributed by atoms with van der Waals surface area (Å²) in [5.74, 6) is 0.248. The van der Waals surface area contributed by atoms with Gasteiger partial charge in [0.25, 0.3) is 5.91 Å². The van der Waals surface area contributed by atoms with Crippen LogP contribution in [0.2, 0.25) is 0 Å². The van der Waals surface area contributed by atoms with Crippen molar-refractivity contribution in [3.8, 4) is 0 Å². The first kappa shape index (κ1) is 24.9. The SMILES string of the molecule is O=C(c1ccc([C@H](O)C2CCCC2)o1)N1CC2(CCC3(CC3)CC2)c2cc(NS(=O)(=O)CCO)ccc21. The number of hydrogen-bond donors (Lipinski definition) is 3. The minimum absolute atomic E-state index is 0.176. The number of amides is 1. The fourth-order valence-corrected chi connectivity index (χ4v) is 7.72. The van der Waals surface area contributed by atoms with Gasteiger partial charge in [-0.1, -0.05) is 12.8 Å². The first-order valence-electron chi connectivity index (χ1n) is 13.6. The topological polar surface area (TPSA) is 120 Å². The van der Waals surface area contributed by atoms with E-state index in [9.17, 15) is 18.3 Å². The van der Waals surface area contributed by atoms with Gasteiger partial charge in [-0.15, -0.1) is 0 Å². The van der Waals surface area contributed by atoms with Gasteiger partial charge < -0.3 is 19.5 Å². The van der Waals surface area contributed by atoms with Gasteiger partial charge in [-0.3, -0.25) is 9.52 Å². The van der Waals surface area contributed by atoms with E-state index in [-0.39, 0.29) is 28.8 Å². The van der Waals surface area contributed by atoms with E-state index in [4.69, 9.17) is 9.52 Å². The molecule has 1 aliphatic heterocycles. The van der Waals surface area contributed by atoms with Crippen LogP contribution in [-0.4, -0.2) is 43.4 Å². The second-order valence-electron chi connectivity index (χ2n) is 11.7. The number of anilines is 2. The number of aliphatic hydroxyl groups excluding tert-OH is 2. The molecule has 6 rings (SSSR count). The van der Waals surface area contributed by atoms with Gasteiger partial charge in [0, 0.05) is 23.3 Å². The van der Waals surface area contributed by atoms with Crippen LogP contribution in [-0.2, 0) is 15.4 Å². The summed E-state index contributed by atoms with van der Waals surface area (Å²) >= 11 is 0. The molecule has 0 unspecified atom stereocenters. The van der Waals surface area contributed by atoms with Crippen molar-refractivity contribution in [2.24, 2.45) is 11.3 Å². The Balaban J connectivity index is 1.30. The van der Waals surface area contributed by atoms with Gasteiger partial charge in [-0.05, 0) is 98.6 Å². The number of carbonyl (C=O) groups is 1. The normalized spacial score (nSPS) is 22.9. The van der Waals surface area contributed by atoms with Gasteiger partial charge in [-0.2, -0.15) is 0 Å². The lowest BCUT2D eigenvalue weighted by Crippen LogP contribution is -2.39. The third kappa shape index (κ3) is 4.59. The molecule has 4 aliphatic rings. The summed E-state index contributed by atoms with van der Waals surface area (Å²) in [6.07, 6.45) is 10.2. The molecule has 8 nitrogen and oxygen atoms in total. The minimum atomic E-state index is -3.66. The summed E-state index contributed by atoms with van der Waals surface area (Å²) in [4.78, 5) is 15.5. The number of hydrogen-bond acceptors (Lipinski definition) is 6. The summed E-state index contributed by atoms with van der Waals surface area (Å²) in [6.45, 7) is 0.0838. The predicted molar refractivity (Wildman–Crippen MR) is 140 cm³/mol. The van der Waals surface area contributed by atoms with Crippen molar-refractivity contribution in [3.05, 3.63) is 47.4 Å². The number of furan rings is 1. The molecule has 3 fully saturated rings. The van der Waals surface area contributed by atoms with E-state index in [1.807, 2.05) is 12.1 Å². The molecule has 2 heterocycles. The first-order chi connectivity index (χ1) is 17.7. The zero-order valence-corrected chi connectivity index (χ0v) is 21.9. The molecule has 3 N–H and O–H groups in total. The van der Waals surface area contributed by atoms with Gasteiger partial charge in [0.1, 0.15) is 11.9 Å². The lowest BCUT2D eigenvalue weighted by atomic mass is 9.66. The minimum Gasteiger partial charge on any atom is -0.453 e. The third-order valence-corrected chi connectivity index (χ3v) is 10.7. The number of benzene rings is 1. The second-order valence-corrected chi connectivity index (χ2v) is 13.6. The van der Waals surface area contributed by atoms with E-state index in [1.54, 1.807) is 23.1 Å². The maximum absolute atomic E-state index is 13.7. The maximum atomic E-state index is 13.7. The molecule has 200 valence electrons. The molecule has 0 saturated heterocycles. The Labute approximate surface area is 218 Å². The summed E-state index contributed by atoms with van der Waals surface area (Å²) in [5.41, 5.74) is 2.48. The molecule has 2 spiro atoms. The Morgan fingerprint density at radius 2 is 1.78 bits per heavy atom. The molecule has 2 aromatic rings. The van der Waals surface area contributed by atoms with E-state index >= 15 is 0 Å². The number of carbonyl (C=O) groups excluding carboxylic acids is 1. The van der Waals surface area contributed by atoms with Crippen molar-refractivity contribution >= 4 is 27.3 Å². The zero-order chi connectivity index (χ0) is 25.8. The van der Waals surface area contributed by atoms with Crippen molar-refractivity contribution in [2.45, 2.75) is 75.7 Å². The predicted octanol–water partition coefficient (Wildman–Crippen LogP) is 4.49. The highest BCUT2D eigenvalue weighted by Gasteiger charge is 2.54. The number of aliphatic hydroxyl groups is 2. The number of rotatable bonds is 7. The Morgan fingerprint density at radius 3 is 2.46 bits per heavy atom. The molecule has 1 aromatic heterocycles. The lowest BCUT2D eigenvalue weighted by Gasteiger charge is -2.38. The highest BCUT2D eigenvalue weighted by Crippen LogP contribution is 2.62. The Morgan fingerprint density at radius 1 is 1.08 bits per heavy atom. The number of nitrogens with zero attached hydrogens (tertiary/aromatic N) is 1. The molecule has 3 saturated carbocycles. The van der Waals surface area contributed by atoms with Gasteiger partial charge in [0.05, 0.1) is 12.4 Å². The van der Waals surface area contributed by atoms with E-state index < -0.39 is 22.7 Å².